The smallest absolute Gasteiger partial charge is 0.460 e. The molecule has 0 N–H and O–H groups in total. The fourth-order valence-corrected chi connectivity index (χ4v) is 1.89. The molecular formula is C16H20F3NO4. The van der Waals surface area contributed by atoms with Crippen LogP contribution >= 0.6 is 0 Å². The minimum absolute atomic E-state index is 0.00225. The van der Waals surface area contributed by atoms with Crippen molar-refractivity contribution in [3.05, 3.63) is 24.3 Å². The molecular weight excluding hydrogens is 327 g/mol. The Hall–Kier alpha value is -2.25. The van der Waals surface area contributed by atoms with Gasteiger partial charge < -0.3 is 19.2 Å². The lowest BCUT2D eigenvalue weighted by Crippen LogP contribution is -2.31. The summed E-state index contributed by atoms with van der Waals surface area (Å²) >= 11 is 0. The monoisotopic (exact) mass is 347 g/mol. The van der Waals surface area contributed by atoms with Crippen LogP contribution in [0, 0.1) is 0 Å². The van der Waals surface area contributed by atoms with Crippen molar-refractivity contribution in [3.8, 4) is 5.75 Å². The van der Waals surface area contributed by atoms with Gasteiger partial charge in [0, 0.05) is 12.2 Å². The lowest BCUT2D eigenvalue weighted by atomic mass is 10.2. The Morgan fingerprint density at radius 3 is 2.21 bits per heavy atom. The second kappa shape index (κ2) is 8.03. The Labute approximate surface area is 138 Å². The zero-order valence-electron chi connectivity index (χ0n) is 13.7. The number of ether oxygens (including phenoxy) is 2. The molecule has 0 spiro atoms. The highest BCUT2D eigenvalue weighted by Gasteiger charge is 2.31. The molecule has 0 atom stereocenters. The molecule has 0 unspecified atom stereocenters. The lowest BCUT2D eigenvalue weighted by Gasteiger charge is -2.24. The van der Waals surface area contributed by atoms with Crippen molar-refractivity contribution in [3.63, 3.8) is 0 Å². The number of hydrogen-bond acceptors (Lipinski definition) is 5. The summed E-state index contributed by atoms with van der Waals surface area (Å²) in [6.45, 7) is 5.43. The normalized spacial score (nSPS) is 11.8. The van der Waals surface area contributed by atoms with Crippen molar-refractivity contribution < 1.29 is 32.2 Å². The number of halogens is 3. The number of hydrogen-bond donors (Lipinski definition) is 0. The van der Waals surface area contributed by atoms with E-state index in [1.165, 1.54) is 12.1 Å². The van der Waals surface area contributed by atoms with E-state index in [0.717, 1.165) is 12.1 Å². The number of rotatable bonds is 7. The van der Waals surface area contributed by atoms with Gasteiger partial charge in [0.25, 0.3) is 0 Å². The Balaban J connectivity index is 2.70. The largest absolute Gasteiger partial charge is 0.573 e. The molecule has 8 heteroatoms. The van der Waals surface area contributed by atoms with E-state index < -0.39 is 17.9 Å². The fraction of sp³-hybridized carbons (Fsp3) is 0.500. The van der Waals surface area contributed by atoms with E-state index in [1.807, 2.05) is 0 Å². The van der Waals surface area contributed by atoms with Gasteiger partial charge in [0.05, 0.1) is 13.0 Å². The van der Waals surface area contributed by atoms with E-state index in [1.54, 1.807) is 25.7 Å². The molecule has 0 heterocycles. The van der Waals surface area contributed by atoms with Crippen molar-refractivity contribution in [1.82, 2.24) is 0 Å². The number of aldehydes is 1. The highest BCUT2D eigenvalue weighted by Crippen LogP contribution is 2.25. The van der Waals surface area contributed by atoms with Crippen LogP contribution in [-0.4, -0.2) is 37.3 Å². The summed E-state index contributed by atoms with van der Waals surface area (Å²) in [5, 5.41) is 0. The average Bonchev–Trinajstić information content (AvgIpc) is 2.41. The average molecular weight is 347 g/mol. The summed E-state index contributed by atoms with van der Waals surface area (Å²) in [5.41, 5.74) is -0.108. The third-order valence-corrected chi connectivity index (χ3v) is 2.74. The first-order valence-corrected chi connectivity index (χ1v) is 7.26. The van der Waals surface area contributed by atoms with Crippen molar-refractivity contribution in [2.24, 2.45) is 0 Å². The standard InChI is InChI=1S/C16H20F3NO4/c1-15(2,3)24-14(22)8-9-20(10-11-21)12-4-6-13(7-5-12)23-16(17,18)19/h4-7,11H,8-10H2,1-3H3. The van der Waals surface area contributed by atoms with Gasteiger partial charge in [-0.25, -0.2) is 0 Å². The molecule has 0 saturated heterocycles. The van der Waals surface area contributed by atoms with Gasteiger partial charge in [-0.3, -0.25) is 4.79 Å². The molecule has 134 valence electrons. The number of anilines is 1. The maximum Gasteiger partial charge on any atom is 0.573 e. The van der Waals surface area contributed by atoms with Crippen LogP contribution in [0.4, 0.5) is 18.9 Å². The van der Waals surface area contributed by atoms with Gasteiger partial charge in [-0.05, 0) is 45.0 Å². The number of benzene rings is 1. The summed E-state index contributed by atoms with van der Waals surface area (Å²) in [6, 6.07) is 5.07. The number of carbonyl (C=O) groups is 2. The topological polar surface area (TPSA) is 55.8 Å². The van der Waals surface area contributed by atoms with Gasteiger partial charge in [0.15, 0.2) is 0 Å². The number of esters is 1. The molecule has 0 aromatic heterocycles. The molecule has 0 bridgehead atoms. The maximum absolute atomic E-state index is 12.1. The molecule has 1 aromatic rings. The van der Waals surface area contributed by atoms with E-state index in [0.29, 0.717) is 12.0 Å². The van der Waals surface area contributed by atoms with Crippen molar-refractivity contribution in [2.75, 3.05) is 18.0 Å². The van der Waals surface area contributed by atoms with Gasteiger partial charge in [0.1, 0.15) is 17.6 Å². The summed E-state index contributed by atoms with van der Waals surface area (Å²) in [6.07, 6.45) is -4.07. The first-order chi connectivity index (χ1) is 11.0. The van der Waals surface area contributed by atoms with Gasteiger partial charge in [-0.2, -0.15) is 0 Å². The van der Waals surface area contributed by atoms with E-state index in [4.69, 9.17) is 4.74 Å². The molecule has 24 heavy (non-hydrogen) atoms. The van der Waals surface area contributed by atoms with Crippen LogP contribution in [0.3, 0.4) is 0 Å². The van der Waals surface area contributed by atoms with Crippen LogP contribution in [0.25, 0.3) is 0 Å². The molecule has 5 nitrogen and oxygen atoms in total. The van der Waals surface area contributed by atoms with Crippen molar-refractivity contribution >= 4 is 17.9 Å². The maximum atomic E-state index is 12.1. The van der Waals surface area contributed by atoms with Gasteiger partial charge >= 0.3 is 12.3 Å². The molecule has 0 aliphatic heterocycles. The Kier molecular flexibility index (Phi) is 6.62. The zero-order chi connectivity index (χ0) is 18.4. The van der Waals surface area contributed by atoms with Crippen molar-refractivity contribution in [1.29, 1.82) is 0 Å². The highest BCUT2D eigenvalue weighted by atomic mass is 19.4. The van der Waals surface area contributed by atoms with Crippen LogP contribution < -0.4 is 9.64 Å². The number of nitrogens with zero attached hydrogens (tertiary/aromatic N) is 1. The SMILES string of the molecule is CC(C)(C)OC(=O)CCN(CC=O)c1ccc(OC(F)(F)F)cc1. The summed E-state index contributed by atoms with van der Waals surface area (Å²) in [5.74, 6) is -0.778. The molecule has 1 aromatic carbocycles. The zero-order valence-corrected chi connectivity index (χ0v) is 13.7. The quantitative estimate of drug-likeness (QED) is 0.559. The van der Waals surface area contributed by atoms with Gasteiger partial charge in [-0.15, -0.1) is 13.2 Å². The predicted octanol–water partition coefficient (Wildman–Crippen LogP) is 3.32. The first kappa shape index (κ1) is 19.8. The fourth-order valence-electron chi connectivity index (χ4n) is 1.89. The third-order valence-electron chi connectivity index (χ3n) is 2.74. The number of alkyl halides is 3. The Morgan fingerprint density at radius 1 is 1.17 bits per heavy atom. The van der Waals surface area contributed by atoms with Crippen LogP contribution in [0.2, 0.25) is 0 Å². The molecule has 0 fully saturated rings. The summed E-state index contributed by atoms with van der Waals surface area (Å²) in [4.78, 5) is 24.1. The van der Waals surface area contributed by atoms with Crippen LogP contribution in [0.5, 0.6) is 5.75 Å². The molecule has 0 aliphatic carbocycles. The number of carbonyl (C=O) groups excluding carboxylic acids is 2. The minimum atomic E-state index is -4.76. The van der Waals surface area contributed by atoms with Gasteiger partial charge in [-0.1, -0.05) is 0 Å². The predicted molar refractivity (Wildman–Crippen MR) is 81.9 cm³/mol. The summed E-state index contributed by atoms with van der Waals surface area (Å²) < 4.78 is 45.4. The molecule has 0 radical (unpaired) electrons. The van der Waals surface area contributed by atoms with Crippen molar-refractivity contribution in [2.45, 2.75) is 39.2 Å². The Morgan fingerprint density at radius 2 is 1.75 bits per heavy atom. The van der Waals surface area contributed by atoms with E-state index >= 15 is 0 Å². The highest BCUT2D eigenvalue weighted by molar-refractivity contribution is 5.71. The van der Waals surface area contributed by atoms with E-state index in [2.05, 4.69) is 4.74 Å². The molecule has 0 amide bonds. The van der Waals surface area contributed by atoms with Crippen LogP contribution in [0.15, 0.2) is 24.3 Å². The third kappa shape index (κ3) is 7.85. The second-order valence-corrected chi connectivity index (χ2v) is 5.99. The molecule has 0 saturated carbocycles. The van der Waals surface area contributed by atoms with Crippen LogP contribution in [0.1, 0.15) is 27.2 Å². The minimum Gasteiger partial charge on any atom is -0.460 e. The lowest BCUT2D eigenvalue weighted by molar-refractivity contribution is -0.274. The molecule has 0 aliphatic rings. The molecule has 1 rings (SSSR count). The van der Waals surface area contributed by atoms with Gasteiger partial charge in [0.2, 0.25) is 0 Å². The van der Waals surface area contributed by atoms with E-state index in [-0.39, 0.29) is 25.3 Å². The summed E-state index contributed by atoms with van der Waals surface area (Å²) in [7, 11) is 0. The van der Waals surface area contributed by atoms with E-state index in [9.17, 15) is 22.8 Å². The first-order valence-electron chi connectivity index (χ1n) is 7.26. The second-order valence-electron chi connectivity index (χ2n) is 5.99. The van der Waals surface area contributed by atoms with Crippen LogP contribution in [-0.2, 0) is 14.3 Å². The Bertz CT molecular complexity index is 550.